The standard InChI is InChI=1S/C15H22F2O2/c16-14-7-8-15(17)13(11-14)12-19-10-6-4-2-1-3-5-9-18/h7-8,11,18H,1-6,9-10,12H2. The van der Waals surface area contributed by atoms with Crippen LogP contribution in [0.3, 0.4) is 0 Å². The van der Waals surface area contributed by atoms with Gasteiger partial charge in [-0.1, -0.05) is 25.7 Å². The summed E-state index contributed by atoms with van der Waals surface area (Å²) in [5.74, 6) is -0.866. The lowest BCUT2D eigenvalue weighted by Crippen LogP contribution is -1.99. The van der Waals surface area contributed by atoms with Crippen molar-refractivity contribution >= 4 is 0 Å². The number of aliphatic hydroxyl groups is 1. The van der Waals surface area contributed by atoms with Crippen LogP contribution in [0.5, 0.6) is 0 Å². The van der Waals surface area contributed by atoms with E-state index in [0.29, 0.717) is 6.61 Å². The minimum absolute atomic E-state index is 0.119. The Hall–Kier alpha value is -1.00. The summed E-state index contributed by atoms with van der Waals surface area (Å²) in [4.78, 5) is 0. The zero-order valence-electron chi connectivity index (χ0n) is 11.2. The minimum Gasteiger partial charge on any atom is -0.396 e. The normalized spacial score (nSPS) is 10.9. The fourth-order valence-electron chi connectivity index (χ4n) is 1.86. The molecule has 1 aromatic rings. The Labute approximate surface area is 113 Å². The van der Waals surface area contributed by atoms with Gasteiger partial charge in [-0.2, -0.15) is 0 Å². The van der Waals surface area contributed by atoms with Crippen molar-refractivity contribution < 1.29 is 18.6 Å². The van der Waals surface area contributed by atoms with Crippen LogP contribution in [0.25, 0.3) is 0 Å². The zero-order chi connectivity index (χ0) is 13.9. The van der Waals surface area contributed by atoms with E-state index in [1.54, 1.807) is 0 Å². The second-order valence-corrected chi connectivity index (χ2v) is 4.63. The van der Waals surface area contributed by atoms with E-state index < -0.39 is 11.6 Å². The Kier molecular flexibility index (Phi) is 8.34. The molecule has 0 aliphatic heterocycles. The third-order valence-electron chi connectivity index (χ3n) is 2.96. The number of ether oxygens (including phenoxy) is 1. The average Bonchev–Trinajstić information content (AvgIpc) is 2.40. The van der Waals surface area contributed by atoms with E-state index >= 15 is 0 Å². The van der Waals surface area contributed by atoms with Gasteiger partial charge < -0.3 is 9.84 Å². The predicted molar refractivity (Wildman–Crippen MR) is 70.8 cm³/mol. The maximum absolute atomic E-state index is 13.3. The molecule has 0 spiro atoms. The molecular formula is C15H22F2O2. The molecule has 1 rings (SSSR count). The summed E-state index contributed by atoms with van der Waals surface area (Å²) in [6.45, 7) is 0.951. The summed E-state index contributed by atoms with van der Waals surface area (Å²) in [6, 6.07) is 3.39. The summed E-state index contributed by atoms with van der Waals surface area (Å²) in [5, 5.41) is 8.61. The van der Waals surface area contributed by atoms with Crippen LogP contribution in [0.1, 0.15) is 44.1 Å². The van der Waals surface area contributed by atoms with Crippen molar-refractivity contribution in [2.45, 2.75) is 45.1 Å². The van der Waals surface area contributed by atoms with Crippen molar-refractivity contribution in [2.75, 3.05) is 13.2 Å². The lowest BCUT2D eigenvalue weighted by atomic mass is 10.1. The van der Waals surface area contributed by atoms with Gasteiger partial charge in [-0.25, -0.2) is 8.78 Å². The van der Waals surface area contributed by atoms with Crippen molar-refractivity contribution in [3.63, 3.8) is 0 Å². The number of hydrogen-bond donors (Lipinski definition) is 1. The molecule has 0 unspecified atom stereocenters. The van der Waals surface area contributed by atoms with E-state index in [4.69, 9.17) is 9.84 Å². The van der Waals surface area contributed by atoms with Crippen LogP contribution in [0.2, 0.25) is 0 Å². The maximum atomic E-state index is 13.3. The van der Waals surface area contributed by atoms with E-state index in [1.807, 2.05) is 0 Å². The van der Waals surface area contributed by atoms with Crippen molar-refractivity contribution in [3.8, 4) is 0 Å². The first-order chi connectivity index (χ1) is 9.24. The molecule has 0 saturated carbocycles. The van der Waals surface area contributed by atoms with E-state index in [1.165, 1.54) is 6.07 Å². The lowest BCUT2D eigenvalue weighted by Gasteiger charge is -2.06. The van der Waals surface area contributed by atoms with Crippen LogP contribution < -0.4 is 0 Å². The van der Waals surface area contributed by atoms with E-state index in [2.05, 4.69) is 0 Å². The highest BCUT2D eigenvalue weighted by Gasteiger charge is 2.03. The summed E-state index contributed by atoms with van der Waals surface area (Å²) < 4.78 is 31.5. The van der Waals surface area contributed by atoms with E-state index in [0.717, 1.165) is 50.7 Å². The molecule has 0 saturated heterocycles. The molecule has 0 aliphatic carbocycles. The fourth-order valence-corrected chi connectivity index (χ4v) is 1.86. The van der Waals surface area contributed by atoms with Gasteiger partial charge in [0, 0.05) is 18.8 Å². The molecule has 1 N–H and O–H groups in total. The number of unbranched alkanes of at least 4 members (excludes halogenated alkanes) is 5. The lowest BCUT2D eigenvalue weighted by molar-refractivity contribution is 0.114. The van der Waals surface area contributed by atoms with Gasteiger partial charge in [0.05, 0.1) is 6.61 Å². The van der Waals surface area contributed by atoms with Crippen LogP contribution in [0.4, 0.5) is 8.78 Å². The maximum Gasteiger partial charge on any atom is 0.128 e. The number of hydrogen-bond acceptors (Lipinski definition) is 2. The van der Waals surface area contributed by atoms with Gasteiger partial charge in [0.2, 0.25) is 0 Å². The van der Waals surface area contributed by atoms with E-state index in [9.17, 15) is 8.78 Å². The summed E-state index contributed by atoms with van der Waals surface area (Å²) >= 11 is 0. The Morgan fingerprint density at radius 3 is 2.37 bits per heavy atom. The summed E-state index contributed by atoms with van der Waals surface area (Å²) in [5.41, 5.74) is 0.267. The predicted octanol–water partition coefficient (Wildman–Crippen LogP) is 3.81. The Morgan fingerprint density at radius 1 is 0.947 bits per heavy atom. The van der Waals surface area contributed by atoms with Crippen LogP contribution in [-0.2, 0) is 11.3 Å². The van der Waals surface area contributed by atoms with Crippen molar-refractivity contribution in [1.82, 2.24) is 0 Å². The third-order valence-corrected chi connectivity index (χ3v) is 2.96. The SMILES string of the molecule is OCCCCCCCCOCc1cc(F)ccc1F. The Bertz CT molecular complexity index is 356. The van der Waals surface area contributed by atoms with Gasteiger partial charge in [-0.05, 0) is 31.0 Å². The minimum atomic E-state index is -0.441. The van der Waals surface area contributed by atoms with Crippen LogP contribution >= 0.6 is 0 Å². The third kappa shape index (κ3) is 7.23. The van der Waals surface area contributed by atoms with Gasteiger partial charge in [-0.3, -0.25) is 0 Å². The average molecular weight is 272 g/mol. The Balaban J connectivity index is 2.03. The van der Waals surface area contributed by atoms with Gasteiger partial charge in [0.1, 0.15) is 11.6 Å². The van der Waals surface area contributed by atoms with Crippen LogP contribution in [-0.4, -0.2) is 18.3 Å². The molecule has 0 radical (unpaired) electrons. The van der Waals surface area contributed by atoms with Crippen molar-refractivity contribution in [2.24, 2.45) is 0 Å². The van der Waals surface area contributed by atoms with Gasteiger partial charge in [0.15, 0.2) is 0 Å². The Morgan fingerprint density at radius 2 is 1.63 bits per heavy atom. The van der Waals surface area contributed by atoms with Gasteiger partial charge >= 0.3 is 0 Å². The molecule has 0 fully saturated rings. The molecule has 0 bridgehead atoms. The molecule has 0 aromatic heterocycles. The molecule has 2 nitrogen and oxygen atoms in total. The second-order valence-electron chi connectivity index (χ2n) is 4.63. The fraction of sp³-hybridized carbons (Fsp3) is 0.600. The van der Waals surface area contributed by atoms with Crippen LogP contribution in [0.15, 0.2) is 18.2 Å². The number of rotatable bonds is 10. The molecule has 108 valence electrons. The summed E-state index contributed by atoms with van der Waals surface area (Å²) in [7, 11) is 0. The van der Waals surface area contributed by atoms with Gasteiger partial charge in [0.25, 0.3) is 0 Å². The highest BCUT2D eigenvalue weighted by molar-refractivity contribution is 5.17. The topological polar surface area (TPSA) is 29.5 Å². The number of aliphatic hydroxyl groups excluding tert-OH is 1. The van der Waals surface area contributed by atoms with Crippen molar-refractivity contribution in [1.29, 1.82) is 0 Å². The smallest absolute Gasteiger partial charge is 0.128 e. The highest BCUT2D eigenvalue weighted by atomic mass is 19.1. The first-order valence-corrected chi connectivity index (χ1v) is 6.86. The molecule has 19 heavy (non-hydrogen) atoms. The quantitative estimate of drug-likeness (QED) is 0.656. The molecule has 0 amide bonds. The molecule has 0 heterocycles. The zero-order valence-corrected chi connectivity index (χ0v) is 11.2. The highest BCUT2D eigenvalue weighted by Crippen LogP contribution is 2.11. The van der Waals surface area contributed by atoms with Gasteiger partial charge in [-0.15, -0.1) is 0 Å². The number of halogens is 2. The first kappa shape index (κ1) is 16.1. The van der Waals surface area contributed by atoms with Crippen molar-refractivity contribution in [3.05, 3.63) is 35.4 Å². The molecular weight excluding hydrogens is 250 g/mol. The second kappa shape index (κ2) is 9.87. The van der Waals surface area contributed by atoms with Crippen LogP contribution in [0, 0.1) is 11.6 Å². The largest absolute Gasteiger partial charge is 0.396 e. The molecule has 0 atom stereocenters. The molecule has 4 heteroatoms. The summed E-state index contributed by atoms with van der Waals surface area (Å²) in [6.07, 6.45) is 6.17. The number of benzene rings is 1. The molecule has 0 aliphatic rings. The monoisotopic (exact) mass is 272 g/mol. The van der Waals surface area contributed by atoms with E-state index in [-0.39, 0.29) is 18.8 Å². The first-order valence-electron chi connectivity index (χ1n) is 6.86. The molecule has 1 aromatic carbocycles.